The van der Waals surface area contributed by atoms with Crippen LogP contribution >= 0.6 is 0 Å². The van der Waals surface area contributed by atoms with Crippen LogP contribution in [0.1, 0.15) is 37.0 Å². The van der Waals surface area contributed by atoms with Gasteiger partial charge in [0, 0.05) is 19.0 Å². The van der Waals surface area contributed by atoms with Gasteiger partial charge in [-0.1, -0.05) is 104 Å². The van der Waals surface area contributed by atoms with Gasteiger partial charge in [-0.2, -0.15) is 0 Å². The van der Waals surface area contributed by atoms with Gasteiger partial charge < -0.3 is 10.2 Å². The second kappa shape index (κ2) is 14.6. The lowest BCUT2D eigenvalue weighted by molar-refractivity contribution is -0.140. The molecule has 0 bridgehead atoms. The Hall–Kier alpha value is -4.43. The summed E-state index contributed by atoms with van der Waals surface area (Å²) in [6, 6.07) is 33.2. The van der Waals surface area contributed by atoms with Crippen LogP contribution in [0.4, 0.5) is 5.69 Å². The molecule has 4 rings (SSSR count). The van der Waals surface area contributed by atoms with Crippen LogP contribution in [0.15, 0.2) is 120 Å². The van der Waals surface area contributed by atoms with Crippen molar-refractivity contribution in [3.63, 3.8) is 0 Å². The van der Waals surface area contributed by atoms with Crippen LogP contribution < -0.4 is 9.62 Å². The zero-order chi connectivity index (χ0) is 30.8. The van der Waals surface area contributed by atoms with Crippen molar-refractivity contribution in [1.82, 2.24) is 10.2 Å². The molecule has 0 aromatic heterocycles. The van der Waals surface area contributed by atoms with E-state index in [1.54, 1.807) is 30.3 Å². The maximum Gasteiger partial charge on any atom is 0.264 e. The fourth-order valence-electron chi connectivity index (χ4n) is 4.85. The lowest BCUT2D eigenvalue weighted by atomic mass is 10.0. The van der Waals surface area contributed by atoms with E-state index >= 15 is 0 Å². The summed E-state index contributed by atoms with van der Waals surface area (Å²) < 4.78 is 29.3. The van der Waals surface area contributed by atoms with E-state index in [9.17, 15) is 18.0 Å². The number of nitrogens with one attached hydrogen (secondary N) is 1. The number of nitrogens with zero attached hydrogens (tertiary/aromatic N) is 2. The molecule has 0 aliphatic rings. The SMILES string of the molecule is CC[C@@H](C)NC(=O)[C@@H](Cc1ccccc1)N(Cc1ccccc1)C(=O)CN(c1ccccc1C)S(=O)(=O)c1ccccc1. The highest BCUT2D eigenvalue weighted by atomic mass is 32.2. The first-order valence-corrected chi connectivity index (χ1v) is 16.0. The summed E-state index contributed by atoms with van der Waals surface area (Å²) in [6.07, 6.45) is 1.00. The summed E-state index contributed by atoms with van der Waals surface area (Å²) in [4.78, 5) is 29.9. The Labute approximate surface area is 255 Å². The van der Waals surface area contributed by atoms with E-state index in [4.69, 9.17) is 0 Å². The quantitative estimate of drug-likeness (QED) is 0.213. The first kappa shape index (κ1) is 31.5. The molecule has 8 heteroatoms. The van der Waals surface area contributed by atoms with Gasteiger partial charge in [0.2, 0.25) is 11.8 Å². The van der Waals surface area contributed by atoms with Crippen LogP contribution in [0.3, 0.4) is 0 Å². The van der Waals surface area contributed by atoms with Gasteiger partial charge in [-0.05, 0) is 55.2 Å². The molecule has 0 aliphatic carbocycles. The molecular weight excluding hydrogens is 558 g/mol. The lowest BCUT2D eigenvalue weighted by Crippen LogP contribution is -2.54. The lowest BCUT2D eigenvalue weighted by Gasteiger charge is -2.34. The molecule has 1 N–H and O–H groups in total. The van der Waals surface area contributed by atoms with Crippen LogP contribution in [0, 0.1) is 6.92 Å². The monoisotopic (exact) mass is 597 g/mol. The van der Waals surface area contributed by atoms with Crippen molar-refractivity contribution in [1.29, 1.82) is 0 Å². The molecule has 0 heterocycles. The van der Waals surface area contributed by atoms with E-state index in [2.05, 4.69) is 5.32 Å². The minimum Gasteiger partial charge on any atom is -0.352 e. The molecule has 7 nitrogen and oxygen atoms in total. The first-order chi connectivity index (χ1) is 20.7. The molecule has 0 aliphatic heterocycles. The Morgan fingerprint density at radius 2 is 1.30 bits per heavy atom. The first-order valence-electron chi connectivity index (χ1n) is 14.5. The number of hydrogen-bond acceptors (Lipinski definition) is 4. The van der Waals surface area contributed by atoms with Gasteiger partial charge in [-0.3, -0.25) is 13.9 Å². The number of aryl methyl sites for hydroxylation is 1. The number of anilines is 1. The third-order valence-electron chi connectivity index (χ3n) is 7.46. The van der Waals surface area contributed by atoms with E-state index in [1.165, 1.54) is 17.0 Å². The average molecular weight is 598 g/mol. The maximum absolute atomic E-state index is 14.5. The molecule has 4 aromatic rings. The Kier molecular flexibility index (Phi) is 10.7. The summed E-state index contributed by atoms with van der Waals surface area (Å²) >= 11 is 0. The van der Waals surface area contributed by atoms with Crippen LogP contribution in [0.25, 0.3) is 0 Å². The third-order valence-corrected chi connectivity index (χ3v) is 9.24. The van der Waals surface area contributed by atoms with Gasteiger partial charge in [0.1, 0.15) is 12.6 Å². The third kappa shape index (κ3) is 8.11. The van der Waals surface area contributed by atoms with Gasteiger partial charge in [-0.15, -0.1) is 0 Å². The van der Waals surface area contributed by atoms with Gasteiger partial charge in [0.05, 0.1) is 10.6 Å². The van der Waals surface area contributed by atoms with Crippen molar-refractivity contribution in [2.75, 3.05) is 10.8 Å². The standard InChI is InChI=1S/C35H39N3O4S/c1-4-28(3)36-35(40)33(24-29-17-8-5-9-18-29)37(25-30-19-10-6-11-20-30)34(39)26-38(32-23-15-14-16-27(32)2)43(41,42)31-21-12-7-13-22-31/h5-23,28,33H,4,24-26H2,1-3H3,(H,36,40)/t28-,33-/m1/s1. The zero-order valence-corrected chi connectivity index (χ0v) is 25.7. The number of benzene rings is 4. The molecule has 0 fully saturated rings. The Bertz CT molecular complexity index is 1600. The van der Waals surface area contributed by atoms with E-state index in [0.717, 1.165) is 21.9 Å². The highest BCUT2D eigenvalue weighted by molar-refractivity contribution is 7.92. The van der Waals surface area contributed by atoms with E-state index < -0.39 is 28.5 Å². The summed E-state index contributed by atoms with van der Waals surface area (Å²) in [7, 11) is -4.12. The minimum absolute atomic E-state index is 0.0796. The van der Waals surface area contributed by atoms with Crippen molar-refractivity contribution in [2.24, 2.45) is 0 Å². The molecule has 4 aromatic carbocycles. The van der Waals surface area contributed by atoms with E-state index in [0.29, 0.717) is 11.3 Å². The number of para-hydroxylation sites is 1. The molecule has 2 atom stereocenters. The maximum atomic E-state index is 14.5. The predicted molar refractivity (Wildman–Crippen MR) is 171 cm³/mol. The van der Waals surface area contributed by atoms with Crippen LogP contribution in [0.2, 0.25) is 0 Å². The molecule has 43 heavy (non-hydrogen) atoms. The molecule has 0 unspecified atom stereocenters. The van der Waals surface area contributed by atoms with Crippen LogP contribution in [-0.4, -0.2) is 43.8 Å². The van der Waals surface area contributed by atoms with Crippen molar-refractivity contribution >= 4 is 27.5 Å². The van der Waals surface area contributed by atoms with Crippen molar-refractivity contribution in [3.05, 3.63) is 132 Å². The van der Waals surface area contributed by atoms with Gasteiger partial charge in [0.15, 0.2) is 0 Å². The highest BCUT2D eigenvalue weighted by Gasteiger charge is 2.35. The fraction of sp³-hybridized carbons (Fsp3) is 0.257. The molecule has 0 spiro atoms. The van der Waals surface area contributed by atoms with Crippen molar-refractivity contribution in [2.45, 2.75) is 57.1 Å². The van der Waals surface area contributed by atoms with Crippen molar-refractivity contribution < 1.29 is 18.0 Å². The van der Waals surface area contributed by atoms with Crippen LogP contribution in [-0.2, 0) is 32.6 Å². The molecule has 224 valence electrons. The van der Waals surface area contributed by atoms with Crippen LogP contribution in [0.5, 0.6) is 0 Å². The topological polar surface area (TPSA) is 86.8 Å². The minimum atomic E-state index is -4.12. The summed E-state index contributed by atoms with van der Waals surface area (Å²) in [5.41, 5.74) is 2.84. The van der Waals surface area contributed by atoms with Crippen molar-refractivity contribution in [3.8, 4) is 0 Å². The second-order valence-corrected chi connectivity index (χ2v) is 12.5. The number of carbonyl (C=O) groups excluding carboxylic acids is 2. The summed E-state index contributed by atoms with van der Waals surface area (Å²) in [5.74, 6) is -0.761. The number of rotatable bonds is 13. The number of carbonyl (C=O) groups is 2. The normalized spacial score (nSPS) is 12.6. The predicted octanol–water partition coefficient (Wildman–Crippen LogP) is 5.75. The Morgan fingerprint density at radius 1 is 0.767 bits per heavy atom. The Morgan fingerprint density at radius 3 is 1.88 bits per heavy atom. The van der Waals surface area contributed by atoms with E-state index in [1.807, 2.05) is 93.6 Å². The number of hydrogen-bond donors (Lipinski definition) is 1. The van der Waals surface area contributed by atoms with E-state index in [-0.39, 0.29) is 29.8 Å². The van der Waals surface area contributed by atoms with Gasteiger partial charge >= 0.3 is 0 Å². The molecule has 2 amide bonds. The number of amides is 2. The largest absolute Gasteiger partial charge is 0.352 e. The fourth-order valence-corrected chi connectivity index (χ4v) is 6.35. The molecule has 0 saturated carbocycles. The zero-order valence-electron chi connectivity index (χ0n) is 24.9. The molecule has 0 saturated heterocycles. The van der Waals surface area contributed by atoms with Gasteiger partial charge in [0.25, 0.3) is 10.0 Å². The summed E-state index contributed by atoms with van der Waals surface area (Å²) in [6.45, 7) is 5.38. The number of sulfonamides is 1. The van der Waals surface area contributed by atoms with Gasteiger partial charge in [-0.25, -0.2) is 8.42 Å². The second-order valence-electron chi connectivity index (χ2n) is 10.6. The smallest absolute Gasteiger partial charge is 0.264 e. The highest BCUT2D eigenvalue weighted by Crippen LogP contribution is 2.27. The average Bonchev–Trinajstić information content (AvgIpc) is 3.03. The Balaban J connectivity index is 1.79. The molecular formula is C35H39N3O4S. The molecule has 0 radical (unpaired) electrons. The summed E-state index contributed by atoms with van der Waals surface area (Å²) in [5, 5.41) is 3.06.